The van der Waals surface area contributed by atoms with Crippen molar-refractivity contribution in [2.75, 3.05) is 0 Å². The van der Waals surface area contributed by atoms with Crippen LogP contribution in [0.25, 0.3) is 0 Å². The summed E-state index contributed by atoms with van der Waals surface area (Å²) in [6.45, 7) is 5.92. The molecule has 5 heteroatoms. The van der Waals surface area contributed by atoms with Gasteiger partial charge >= 0.3 is 5.97 Å². The summed E-state index contributed by atoms with van der Waals surface area (Å²) in [5.74, 6) is -0.137. The lowest BCUT2D eigenvalue weighted by molar-refractivity contribution is -0.144. The third kappa shape index (κ3) is 3.78. The second-order valence-electron chi connectivity index (χ2n) is 4.34. The Bertz CT molecular complexity index is 395. The maximum atomic E-state index is 11.2. The minimum Gasteiger partial charge on any atom is -0.480 e. The van der Waals surface area contributed by atoms with Crippen LogP contribution in [-0.2, 0) is 11.3 Å². The molecule has 1 heterocycles. The molecule has 0 aliphatic rings. The van der Waals surface area contributed by atoms with Crippen molar-refractivity contribution in [1.82, 2.24) is 15.3 Å². The third-order valence-corrected chi connectivity index (χ3v) is 2.72. The fraction of sp³-hybridized carbons (Fsp3) is 0.583. The molecule has 0 saturated carbocycles. The van der Waals surface area contributed by atoms with Gasteiger partial charge in [-0.1, -0.05) is 13.3 Å². The summed E-state index contributed by atoms with van der Waals surface area (Å²) >= 11 is 0. The van der Waals surface area contributed by atoms with Gasteiger partial charge in [0.15, 0.2) is 0 Å². The van der Waals surface area contributed by atoms with Crippen molar-refractivity contribution >= 4 is 5.97 Å². The Kier molecular flexibility index (Phi) is 4.57. The lowest BCUT2D eigenvalue weighted by Gasteiger charge is -2.25. The molecule has 0 amide bonds. The predicted octanol–water partition coefficient (Wildman–Crippen LogP) is 1.52. The van der Waals surface area contributed by atoms with E-state index < -0.39 is 11.5 Å². The quantitative estimate of drug-likeness (QED) is 0.784. The molecule has 0 aliphatic heterocycles. The van der Waals surface area contributed by atoms with E-state index in [9.17, 15) is 9.90 Å². The summed E-state index contributed by atoms with van der Waals surface area (Å²) in [6.07, 6.45) is 3.09. The van der Waals surface area contributed by atoms with Gasteiger partial charge in [0.05, 0.1) is 5.69 Å². The Morgan fingerprint density at radius 2 is 2.29 bits per heavy atom. The van der Waals surface area contributed by atoms with Crippen LogP contribution in [0.5, 0.6) is 0 Å². The second-order valence-corrected chi connectivity index (χ2v) is 4.34. The minimum atomic E-state index is -0.895. The fourth-order valence-corrected chi connectivity index (χ4v) is 1.66. The molecule has 0 aliphatic carbocycles. The van der Waals surface area contributed by atoms with Crippen molar-refractivity contribution in [2.45, 2.75) is 45.7 Å². The highest BCUT2D eigenvalue weighted by molar-refractivity contribution is 5.78. The first-order valence-corrected chi connectivity index (χ1v) is 5.75. The molecule has 0 fully saturated rings. The van der Waals surface area contributed by atoms with Gasteiger partial charge < -0.3 is 5.11 Å². The number of rotatable bonds is 6. The number of aromatic nitrogens is 2. The molecule has 94 valence electrons. The van der Waals surface area contributed by atoms with Gasteiger partial charge in [-0.25, -0.2) is 9.97 Å². The van der Waals surface area contributed by atoms with Crippen LogP contribution >= 0.6 is 0 Å². The molecule has 0 saturated heterocycles. The van der Waals surface area contributed by atoms with E-state index in [0.29, 0.717) is 18.8 Å². The number of hydrogen-bond donors (Lipinski definition) is 2. The lowest BCUT2D eigenvalue weighted by Crippen LogP contribution is -2.49. The van der Waals surface area contributed by atoms with E-state index in [-0.39, 0.29) is 0 Å². The maximum Gasteiger partial charge on any atom is 0.323 e. The van der Waals surface area contributed by atoms with Crippen LogP contribution in [-0.4, -0.2) is 26.6 Å². The summed E-state index contributed by atoms with van der Waals surface area (Å²) in [5.41, 5.74) is -0.0887. The zero-order chi connectivity index (χ0) is 12.9. The average Bonchev–Trinajstić information content (AvgIpc) is 2.27. The summed E-state index contributed by atoms with van der Waals surface area (Å²) in [5, 5.41) is 12.3. The van der Waals surface area contributed by atoms with Crippen molar-refractivity contribution in [3.63, 3.8) is 0 Å². The van der Waals surface area contributed by atoms with E-state index in [0.717, 1.165) is 12.1 Å². The molecule has 1 aromatic rings. The Balaban J connectivity index is 2.67. The third-order valence-electron chi connectivity index (χ3n) is 2.72. The standard InChI is InChI=1S/C12H19N3O2/c1-4-6-12(3,11(16)17)14-8-10-5-7-13-9(2)15-10/h5,7,14H,4,6,8H2,1-3H3,(H,16,17). The largest absolute Gasteiger partial charge is 0.480 e. The molecule has 1 rings (SSSR count). The van der Waals surface area contributed by atoms with Gasteiger partial charge in [0.2, 0.25) is 0 Å². The van der Waals surface area contributed by atoms with Crippen molar-refractivity contribution in [3.8, 4) is 0 Å². The predicted molar refractivity (Wildman–Crippen MR) is 64.6 cm³/mol. The van der Waals surface area contributed by atoms with Crippen LogP contribution in [0.1, 0.15) is 38.2 Å². The van der Waals surface area contributed by atoms with Gasteiger partial charge in [-0.05, 0) is 26.3 Å². The van der Waals surface area contributed by atoms with Crippen molar-refractivity contribution < 1.29 is 9.90 Å². The van der Waals surface area contributed by atoms with Crippen molar-refractivity contribution in [2.24, 2.45) is 0 Å². The van der Waals surface area contributed by atoms with Crippen LogP contribution < -0.4 is 5.32 Å². The molecule has 1 atom stereocenters. The molecule has 0 bridgehead atoms. The van der Waals surface area contributed by atoms with Crippen molar-refractivity contribution in [3.05, 3.63) is 23.8 Å². The van der Waals surface area contributed by atoms with Gasteiger partial charge in [-0.3, -0.25) is 10.1 Å². The monoisotopic (exact) mass is 237 g/mol. The number of aliphatic carboxylic acids is 1. The summed E-state index contributed by atoms with van der Waals surface area (Å²) < 4.78 is 0. The smallest absolute Gasteiger partial charge is 0.323 e. The first-order valence-electron chi connectivity index (χ1n) is 5.75. The maximum absolute atomic E-state index is 11.2. The van der Waals surface area contributed by atoms with Gasteiger partial charge in [0.25, 0.3) is 0 Å². The highest BCUT2D eigenvalue weighted by Crippen LogP contribution is 2.13. The van der Waals surface area contributed by atoms with Gasteiger partial charge in [-0.15, -0.1) is 0 Å². The summed E-state index contributed by atoms with van der Waals surface area (Å²) in [4.78, 5) is 19.4. The van der Waals surface area contributed by atoms with E-state index in [1.807, 2.05) is 13.8 Å². The fourth-order valence-electron chi connectivity index (χ4n) is 1.66. The summed E-state index contributed by atoms with van der Waals surface area (Å²) in [7, 11) is 0. The van der Waals surface area contributed by atoms with Crippen LogP contribution in [0.4, 0.5) is 0 Å². The molecule has 1 aromatic heterocycles. The average molecular weight is 237 g/mol. The number of carbonyl (C=O) groups is 1. The van der Waals surface area contributed by atoms with Crippen LogP contribution in [0, 0.1) is 6.92 Å². The number of carboxylic acids is 1. The topological polar surface area (TPSA) is 75.1 Å². The first-order chi connectivity index (χ1) is 7.98. The van der Waals surface area contributed by atoms with E-state index in [1.54, 1.807) is 19.2 Å². The summed E-state index contributed by atoms with van der Waals surface area (Å²) in [6, 6.07) is 1.79. The number of carboxylic acid groups (broad SMARTS) is 1. The van der Waals surface area contributed by atoms with E-state index in [1.165, 1.54) is 0 Å². The Morgan fingerprint density at radius 1 is 1.59 bits per heavy atom. The lowest BCUT2D eigenvalue weighted by atomic mass is 9.96. The Labute approximate surface area is 101 Å². The van der Waals surface area contributed by atoms with E-state index in [4.69, 9.17) is 0 Å². The zero-order valence-corrected chi connectivity index (χ0v) is 10.5. The molecule has 2 N–H and O–H groups in total. The van der Waals surface area contributed by atoms with Gasteiger partial charge in [0.1, 0.15) is 11.4 Å². The minimum absolute atomic E-state index is 0.437. The number of aryl methyl sites for hydroxylation is 1. The zero-order valence-electron chi connectivity index (χ0n) is 10.5. The SMILES string of the molecule is CCCC(C)(NCc1ccnc(C)n1)C(=O)O. The van der Waals surface area contributed by atoms with Crippen molar-refractivity contribution in [1.29, 1.82) is 0 Å². The Morgan fingerprint density at radius 3 is 2.82 bits per heavy atom. The highest BCUT2D eigenvalue weighted by atomic mass is 16.4. The van der Waals surface area contributed by atoms with Crippen LogP contribution in [0.3, 0.4) is 0 Å². The van der Waals surface area contributed by atoms with Gasteiger partial charge in [-0.2, -0.15) is 0 Å². The molecule has 1 unspecified atom stereocenters. The molecular formula is C12H19N3O2. The molecule has 17 heavy (non-hydrogen) atoms. The number of hydrogen-bond acceptors (Lipinski definition) is 4. The van der Waals surface area contributed by atoms with Gasteiger partial charge in [0, 0.05) is 12.7 Å². The van der Waals surface area contributed by atoms with E-state index in [2.05, 4.69) is 15.3 Å². The molecule has 5 nitrogen and oxygen atoms in total. The molecule has 0 aromatic carbocycles. The normalized spacial score (nSPS) is 14.3. The van der Waals surface area contributed by atoms with Crippen LogP contribution in [0.15, 0.2) is 12.3 Å². The Hall–Kier alpha value is -1.49. The molecular weight excluding hydrogens is 218 g/mol. The van der Waals surface area contributed by atoms with Crippen LogP contribution in [0.2, 0.25) is 0 Å². The number of nitrogens with one attached hydrogen (secondary N) is 1. The molecule has 0 spiro atoms. The second kappa shape index (κ2) is 5.72. The molecule has 0 radical (unpaired) electrons. The van der Waals surface area contributed by atoms with E-state index >= 15 is 0 Å². The highest BCUT2D eigenvalue weighted by Gasteiger charge is 2.31. The number of nitrogens with zero attached hydrogens (tertiary/aromatic N) is 2. The first kappa shape index (κ1) is 13.6.